The monoisotopic (exact) mass is 309 g/mol. The van der Waals surface area contributed by atoms with E-state index < -0.39 is 10.3 Å². The Morgan fingerprint density at radius 1 is 1.19 bits per heavy atom. The van der Waals surface area contributed by atoms with Gasteiger partial charge < -0.3 is 9.50 Å². The molecule has 0 saturated heterocycles. The zero-order chi connectivity index (χ0) is 15.7. The number of nitrogens with one attached hydrogen (secondary N) is 1. The maximum atomic E-state index is 6.15. The third kappa shape index (κ3) is 4.48. The Morgan fingerprint density at radius 2 is 1.81 bits per heavy atom. The van der Waals surface area contributed by atoms with Crippen molar-refractivity contribution < 1.29 is 4.18 Å². The fourth-order valence-corrected chi connectivity index (χ4v) is 3.13. The molecule has 2 atom stereocenters. The lowest BCUT2D eigenvalue weighted by Crippen LogP contribution is -2.29. The molecule has 0 aliphatic heterocycles. The molecule has 0 bridgehead atoms. The van der Waals surface area contributed by atoms with Gasteiger partial charge in [0.25, 0.3) is 0 Å². The summed E-state index contributed by atoms with van der Waals surface area (Å²) in [7, 11) is -0.986. The molecule has 2 rings (SSSR count). The molecule has 120 valence electrons. The highest BCUT2D eigenvalue weighted by atomic mass is 32.3. The molecule has 1 aliphatic rings. The minimum Gasteiger partial charge on any atom is -0.335 e. The molecule has 1 saturated carbocycles. The molecule has 0 aromatic heterocycles. The smallest absolute Gasteiger partial charge is 0.0717 e. The highest BCUT2D eigenvalue weighted by Gasteiger charge is 2.37. The van der Waals surface area contributed by atoms with E-state index in [-0.39, 0.29) is 4.75 Å². The van der Waals surface area contributed by atoms with Crippen LogP contribution in [0.25, 0.3) is 0 Å². The van der Waals surface area contributed by atoms with Crippen molar-refractivity contribution in [1.82, 2.24) is 5.32 Å². The average Bonchev–Trinajstić information content (AvgIpc) is 3.14. The lowest BCUT2D eigenvalue weighted by molar-refractivity contribution is 0.343. The van der Waals surface area contributed by atoms with Crippen molar-refractivity contribution in [3.63, 3.8) is 0 Å². The van der Waals surface area contributed by atoms with Crippen LogP contribution in [0.2, 0.25) is 0 Å². The number of aryl methyl sites for hydroxylation is 1. The summed E-state index contributed by atoms with van der Waals surface area (Å²) in [6.07, 6.45) is 5.79. The number of hydrogen-bond acceptors (Lipinski definition) is 2. The summed E-state index contributed by atoms with van der Waals surface area (Å²) >= 11 is 0. The molecule has 21 heavy (non-hydrogen) atoms. The highest BCUT2D eigenvalue weighted by Crippen LogP contribution is 2.53. The third-order valence-electron chi connectivity index (χ3n) is 4.66. The molecule has 0 spiro atoms. The Bertz CT molecular complexity index is 461. The van der Waals surface area contributed by atoms with Gasteiger partial charge in [0.2, 0.25) is 0 Å². The van der Waals surface area contributed by atoms with Crippen molar-refractivity contribution in [2.24, 2.45) is 0 Å². The Balaban J connectivity index is 1.69. The maximum Gasteiger partial charge on any atom is 0.0717 e. The molecule has 2 unspecified atom stereocenters. The van der Waals surface area contributed by atoms with Gasteiger partial charge in [0.05, 0.1) is 6.61 Å². The van der Waals surface area contributed by atoms with E-state index in [1.807, 2.05) is 0 Å². The lowest BCUT2D eigenvalue weighted by atomic mass is 10.1. The van der Waals surface area contributed by atoms with Crippen LogP contribution in [-0.2, 0) is 4.18 Å². The molecule has 1 aromatic carbocycles. The lowest BCUT2D eigenvalue weighted by Gasteiger charge is -2.43. The van der Waals surface area contributed by atoms with E-state index >= 15 is 0 Å². The Morgan fingerprint density at radius 3 is 2.38 bits per heavy atom. The van der Waals surface area contributed by atoms with Crippen LogP contribution in [0.1, 0.15) is 44.2 Å². The number of benzene rings is 1. The maximum absolute atomic E-state index is 6.15. The van der Waals surface area contributed by atoms with E-state index in [1.54, 1.807) is 0 Å². The van der Waals surface area contributed by atoms with Gasteiger partial charge in [-0.25, -0.2) is 0 Å². The second kappa shape index (κ2) is 6.31. The van der Waals surface area contributed by atoms with Crippen molar-refractivity contribution in [2.75, 3.05) is 25.7 Å². The minimum absolute atomic E-state index is 0.247. The second-order valence-electron chi connectivity index (χ2n) is 7.48. The standard InChI is InChI=1S/C18H31NOS/c1-14-7-9-15(10-8-14)16-13-17(16)19-11-12-20-21(5,6)18(2,3)4/h7-10,16-17,19H,11-13H2,1-6H3. The van der Waals surface area contributed by atoms with Crippen molar-refractivity contribution in [3.8, 4) is 0 Å². The van der Waals surface area contributed by atoms with Gasteiger partial charge in [0, 0.05) is 23.3 Å². The van der Waals surface area contributed by atoms with Gasteiger partial charge in [-0.15, -0.1) is 10.3 Å². The van der Waals surface area contributed by atoms with Crippen LogP contribution >= 0.6 is 10.3 Å². The zero-order valence-electron chi connectivity index (χ0n) is 14.4. The molecule has 1 aliphatic carbocycles. The quantitative estimate of drug-likeness (QED) is 0.794. The van der Waals surface area contributed by atoms with Crippen LogP contribution < -0.4 is 5.32 Å². The molecular formula is C18H31NOS. The molecule has 1 aromatic rings. The van der Waals surface area contributed by atoms with Crippen LogP contribution in [0, 0.1) is 6.92 Å². The molecule has 1 fully saturated rings. The fraction of sp³-hybridized carbons (Fsp3) is 0.667. The van der Waals surface area contributed by atoms with E-state index in [9.17, 15) is 0 Å². The van der Waals surface area contributed by atoms with Crippen molar-refractivity contribution in [3.05, 3.63) is 35.4 Å². The Kier molecular flexibility index (Phi) is 5.07. The van der Waals surface area contributed by atoms with Crippen molar-refractivity contribution >= 4 is 10.3 Å². The van der Waals surface area contributed by atoms with E-state index in [1.165, 1.54) is 17.5 Å². The minimum atomic E-state index is -0.986. The predicted octanol–water partition coefficient (Wildman–Crippen LogP) is 4.23. The third-order valence-corrected chi connectivity index (χ3v) is 8.36. The summed E-state index contributed by atoms with van der Waals surface area (Å²) in [5, 5.41) is 3.63. The van der Waals surface area contributed by atoms with E-state index in [0.717, 1.165) is 13.2 Å². The van der Waals surface area contributed by atoms with Crippen LogP contribution in [0.3, 0.4) is 0 Å². The van der Waals surface area contributed by atoms with Gasteiger partial charge in [-0.05, 0) is 31.4 Å². The zero-order valence-corrected chi connectivity index (χ0v) is 15.2. The molecule has 1 N–H and O–H groups in total. The first-order chi connectivity index (χ1) is 9.71. The van der Waals surface area contributed by atoms with Crippen molar-refractivity contribution in [2.45, 2.75) is 50.8 Å². The van der Waals surface area contributed by atoms with Crippen LogP contribution in [-0.4, -0.2) is 36.5 Å². The van der Waals surface area contributed by atoms with Gasteiger partial charge in [-0.1, -0.05) is 50.6 Å². The molecule has 0 amide bonds. The topological polar surface area (TPSA) is 21.3 Å². The first-order valence-electron chi connectivity index (χ1n) is 7.88. The summed E-state index contributed by atoms with van der Waals surface area (Å²) in [5.74, 6) is 0.702. The Hall–Kier alpha value is -0.510. The highest BCUT2D eigenvalue weighted by molar-refractivity contribution is 8.29. The van der Waals surface area contributed by atoms with Crippen LogP contribution in [0.15, 0.2) is 24.3 Å². The summed E-state index contributed by atoms with van der Waals surface area (Å²) in [4.78, 5) is 0. The first-order valence-corrected chi connectivity index (χ1v) is 10.3. The van der Waals surface area contributed by atoms with Gasteiger partial charge in [-0.2, -0.15) is 0 Å². The first kappa shape index (κ1) is 16.9. The van der Waals surface area contributed by atoms with Crippen LogP contribution in [0.5, 0.6) is 0 Å². The van der Waals surface area contributed by atoms with E-state index in [0.29, 0.717) is 12.0 Å². The SMILES string of the molecule is Cc1ccc(C2CC2NCCOS(C)(C)C(C)(C)C)cc1. The normalized spacial score (nSPS) is 23.1. The van der Waals surface area contributed by atoms with Crippen LogP contribution in [0.4, 0.5) is 0 Å². The number of rotatable bonds is 6. The predicted molar refractivity (Wildman–Crippen MR) is 95.5 cm³/mol. The van der Waals surface area contributed by atoms with Gasteiger partial charge in [-0.3, -0.25) is 0 Å². The van der Waals surface area contributed by atoms with Gasteiger partial charge in [0.1, 0.15) is 0 Å². The van der Waals surface area contributed by atoms with E-state index in [2.05, 4.69) is 69.8 Å². The summed E-state index contributed by atoms with van der Waals surface area (Å²) in [6, 6.07) is 9.60. The summed E-state index contributed by atoms with van der Waals surface area (Å²) in [5.41, 5.74) is 2.81. The van der Waals surface area contributed by atoms with E-state index in [4.69, 9.17) is 4.18 Å². The largest absolute Gasteiger partial charge is 0.335 e. The second-order valence-corrected chi connectivity index (χ2v) is 11.4. The molecule has 2 nitrogen and oxygen atoms in total. The van der Waals surface area contributed by atoms with Crippen molar-refractivity contribution in [1.29, 1.82) is 0 Å². The fourth-order valence-electron chi connectivity index (χ4n) is 2.27. The molecule has 0 heterocycles. The molecule has 0 radical (unpaired) electrons. The van der Waals surface area contributed by atoms with Gasteiger partial charge >= 0.3 is 0 Å². The summed E-state index contributed by atoms with van der Waals surface area (Å²) < 4.78 is 6.40. The molecule has 3 heteroatoms. The summed E-state index contributed by atoms with van der Waals surface area (Å²) in [6.45, 7) is 10.7. The van der Waals surface area contributed by atoms with Gasteiger partial charge in [0.15, 0.2) is 0 Å². The Labute approximate surface area is 132 Å². The number of hydrogen-bond donors (Lipinski definition) is 1. The molecular weight excluding hydrogens is 278 g/mol. The average molecular weight is 310 g/mol.